The number of hydrogen-bond donors (Lipinski definition) is 1. The van der Waals surface area contributed by atoms with E-state index < -0.39 is 28.3 Å². The monoisotopic (exact) mass is 420 g/mol. The summed E-state index contributed by atoms with van der Waals surface area (Å²) >= 11 is 1.05. The van der Waals surface area contributed by atoms with E-state index in [2.05, 4.69) is 5.32 Å². The third kappa shape index (κ3) is 4.32. The molecule has 3 aromatic rings. The Morgan fingerprint density at radius 2 is 1.93 bits per heavy atom. The van der Waals surface area contributed by atoms with Crippen LogP contribution in [0.25, 0.3) is 0 Å². The van der Waals surface area contributed by atoms with Crippen LogP contribution in [0.3, 0.4) is 0 Å². The van der Waals surface area contributed by atoms with E-state index in [0.29, 0.717) is 5.75 Å². The molecule has 0 aliphatic carbocycles. The van der Waals surface area contributed by atoms with Crippen LogP contribution in [0, 0.1) is 5.82 Å². The van der Waals surface area contributed by atoms with Crippen molar-refractivity contribution in [2.45, 2.75) is 4.21 Å². The summed E-state index contributed by atoms with van der Waals surface area (Å²) in [6.45, 7) is -0.503. The molecule has 1 N–H and O–H groups in total. The molecule has 0 atom stereocenters. The molecule has 28 heavy (non-hydrogen) atoms. The van der Waals surface area contributed by atoms with Gasteiger partial charge in [-0.1, -0.05) is 24.3 Å². The highest BCUT2D eigenvalue weighted by Crippen LogP contribution is 2.33. The van der Waals surface area contributed by atoms with E-state index in [-0.39, 0.29) is 15.6 Å². The summed E-state index contributed by atoms with van der Waals surface area (Å²) in [6.07, 6.45) is 0. The molecule has 3 rings (SSSR count). The molecular weight excluding hydrogens is 403 g/mol. The maximum atomic E-state index is 13.3. The quantitative estimate of drug-likeness (QED) is 0.632. The van der Waals surface area contributed by atoms with Crippen LogP contribution in [-0.2, 0) is 14.8 Å². The molecule has 0 saturated heterocycles. The molecule has 0 unspecified atom stereocenters. The lowest BCUT2D eigenvalue weighted by Crippen LogP contribution is -2.38. The molecule has 9 heteroatoms. The van der Waals surface area contributed by atoms with Crippen molar-refractivity contribution in [2.75, 3.05) is 23.3 Å². The number of thiophene rings is 1. The minimum absolute atomic E-state index is 0.0944. The van der Waals surface area contributed by atoms with Crippen molar-refractivity contribution < 1.29 is 22.3 Å². The van der Waals surface area contributed by atoms with Crippen molar-refractivity contribution >= 4 is 38.6 Å². The van der Waals surface area contributed by atoms with E-state index >= 15 is 0 Å². The molecule has 0 radical (unpaired) electrons. The zero-order valence-electron chi connectivity index (χ0n) is 14.8. The van der Waals surface area contributed by atoms with Crippen molar-refractivity contribution in [2.24, 2.45) is 0 Å². The van der Waals surface area contributed by atoms with E-state index in [0.717, 1.165) is 21.7 Å². The van der Waals surface area contributed by atoms with Crippen molar-refractivity contribution in [1.29, 1.82) is 0 Å². The number of ether oxygens (including phenoxy) is 1. The van der Waals surface area contributed by atoms with Gasteiger partial charge >= 0.3 is 0 Å². The number of sulfonamides is 1. The van der Waals surface area contributed by atoms with Crippen LogP contribution < -0.4 is 14.4 Å². The second-order valence-electron chi connectivity index (χ2n) is 5.67. The van der Waals surface area contributed by atoms with Gasteiger partial charge in [-0.3, -0.25) is 9.10 Å². The standard InChI is InChI=1S/C19H17FN2O4S2/c1-26-17-9-3-2-8-16(17)22(28(24,25)19-10-5-11-27-19)13-18(23)21-15-7-4-6-14(20)12-15/h2-12H,13H2,1H3,(H,21,23). The first-order valence-corrected chi connectivity index (χ1v) is 10.5. The maximum Gasteiger partial charge on any atom is 0.274 e. The number of amides is 1. The lowest BCUT2D eigenvalue weighted by molar-refractivity contribution is -0.114. The molecule has 0 spiro atoms. The predicted octanol–water partition coefficient (Wildman–Crippen LogP) is 3.73. The first-order valence-electron chi connectivity index (χ1n) is 8.16. The summed E-state index contributed by atoms with van der Waals surface area (Å²) in [4.78, 5) is 12.5. The van der Waals surface area contributed by atoms with Crippen LogP contribution >= 0.6 is 11.3 Å². The van der Waals surface area contributed by atoms with Gasteiger partial charge in [0.1, 0.15) is 22.3 Å². The maximum absolute atomic E-state index is 13.3. The van der Waals surface area contributed by atoms with Gasteiger partial charge in [0, 0.05) is 5.69 Å². The number of hydrogen-bond acceptors (Lipinski definition) is 5. The molecule has 0 aliphatic rings. The largest absolute Gasteiger partial charge is 0.495 e. The average molecular weight is 420 g/mol. The first-order chi connectivity index (χ1) is 13.4. The molecule has 2 aromatic carbocycles. The van der Waals surface area contributed by atoms with Gasteiger partial charge < -0.3 is 10.1 Å². The summed E-state index contributed by atoms with van der Waals surface area (Å²) in [5, 5.41) is 4.15. The molecule has 1 heterocycles. The number of nitrogens with zero attached hydrogens (tertiary/aromatic N) is 1. The molecular formula is C19H17FN2O4S2. The number of halogens is 1. The lowest BCUT2D eigenvalue weighted by Gasteiger charge is -2.24. The van der Waals surface area contributed by atoms with Crippen molar-refractivity contribution in [3.63, 3.8) is 0 Å². The van der Waals surface area contributed by atoms with Crippen LogP contribution in [0.2, 0.25) is 0 Å². The molecule has 0 aliphatic heterocycles. The van der Waals surface area contributed by atoms with E-state index in [1.807, 2.05) is 0 Å². The highest BCUT2D eigenvalue weighted by Gasteiger charge is 2.30. The summed E-state index contributed by atoms with van der Waals surface area (Å²) in [5.41, 5.74) is 0.464. The van der Waals surface area contributed by atoms with Gasteiger partial charge in [0.2, 0.25) is 5.91 Å². The Morgan fingerprint density at radius 1 is 1.14 bits per heavy atom. The number of methoxy groups -OCH3 is 1. The van der Waals surface area contributed by atoms with Gasteiger partial charge in [0.05, 0.1) is 12.8 Å². The number of nitrogens with one attached hydrogen (secondary N) is 1. The molecule has 146 valence electrons. The van der Waals surface area contributed by atoms with E-state index in [9.17, 15) is 17.6 Å². The number of anilines is 2. The fourth-order valence-electron chi connectivity index (χ4n) is 2.55. The Balaban J connectivity index is 1.96. The molecule has 0 fully saturated rings. The highest BCUT2D eigenvalue weighted by molar-refractivity contribution is 7.94. The molecule has 0 saturated carbocycles. The summed E-state index contributed by atoms with van der Waals surface area (Å²) in [7, 11) is -2.58. The third-order valence-electron chi connectivity index (χ3n) is 3.79. The predicted molar refractivity (Wildman–Crippen MR) is 107 cm³/mol. The van der Waals surface area contributed by atoms with Gasteiger partial charge in [0.15, 0.2) is 0 Å². The minimum atomic E-state index is -4.00. The highest BCUT2D eigenvalue weighted by atomic mass is 32.2. The molecule has 1 amide bonds. The number of benzene rings is 2. The van der Waals surface area contributed by atoms with Gasteiger partial charge in [-0.2, -0.15) is 0 Å². The third-order valence-corrected chi connectivity index (χ3v) is 6.92. The normalized spacial score (nSPS) is 11.1. The van der Waals surface area contributed by atoms with Gasteiger partial charge in [-0.15, -0.1) is 11.3 Å². The summed E-state index contributed by atoms with van der Waals surface area (Å²) in [5.74, 6) is -0.816. The first kappa shape index (κ1) is 19.8. The topological polar surface area (TPSA) is 75.7 Å². The Kier molecular flexibility index (Phi) is 5.96. The Labute approximate surface area is 166 Å². The number of carbonyl (C=O) groups excluding carboxylic acids is 1. The Bertz CT molecular complexity index is 1070. The van der Waals surface area contributed by atoms with Gasteiger partial charge in [-0.25, -0.2) is 12.8 Å². The van der Waals surface area contributed by atoms with Crippen LogP contribution in [0.1, 0.15) is 0 Å². The lowest BCUT2D eigenvalue weighted by atomic mass is 10.3. The molecule has 1 aromatic heterocycles. The minimum Gasteiger partial charge on any atom is -0.495 e. The molecule has 6 nitrogen and oxygen atoms in total. The second kappa shape index (κ2) is 8.41. The fraction of sp³-hybridized carbons (Fsp3) is 0.105. The smallest absolute Gasteiger partial charge is 0.274 e. The SMILES string of the molecule is COc1ccccc1N(CC(=O)Nc1cccc(F)c1)S(=O)(=O)c1cccs1. The van der Waals surface area contributed by atoms with E-state index in [1.165, 1.54) is 31.4 Å². The molecule has 0 bridgehead atoms. The fourth-order valence-corrected chi connectivity index (χ4v) is 5.09. The van der Waals surface area contributed by atoms with E-state index in [1.54, 1.807) is 35.7 Å². The summed E-state index contributed by atoms with van der Waals surface area (Å²) < 4.78 is 46.0. The van der Waals surface area contributed by atoms with Gasteiger partial charge in [-0.05, 0) is 41.8 Å². The van der Waals surface area contributed by atoms with Gasteiger partial charge in [0.25, 0.3) is 10.0 Å². The van der Waals surface area contributed by atoms with Crippen LogP contribution in [0.5, 0.6) is 5.75 Å². The number of para-hydroxylation sites is 2. The van der Waals surface area contributed by atoms with Crippen molar-refractivity contribution in [1.82, 2.24) is 0 Å². The van der Waals surface area contributed by atoms with Crippen molar-refractivity contribution in [3.8, 4) is 5.75 Å². The van der Waals surface area contributed by atoms with Crippen LogP contribution in [0.15, 0.2) is 70.3 Å². The second-order valence-corrected chi connectivity index (χ2v) is 8.71. The summed E-state index contributed by atoms with van der Waals surface area (Å²) in [6, 6.07) is 15.0. The van der Waals surface area contributed by atoms with Crippen molar-refractivity contribution in [3.05, 3.63) is 71.9 Å². The van der Waals surface area contributed by atoms with Crippen LogP contribution in [0.4, 0.5) is 15.8 Å². The zero-order chi connectivity index (χ0) is 20.1. The zero-order valence-corrected chi connectivity index (χ0v) is 16.5. The van der Waals surface area contributed by atoms with Crippen LogP contribution in [-0.4, -0.2) is 28.0 Å². The van der Waals surface area contributed by atoms with E-state index in [4.69, 9.17) is 4.74 Å². The number of carbonyl (C=O) groups is 1. The average Bonchev–Trinajstić information content (AvgIpc) is 3.22. The number of rotatable bonds is 7. The Morgan fingerprint density at radius 3 is 2.61 bits per heavy atom. The Hall–Kier alpha value is -2.91.